The van der Waals surface area contributed by atoms with E-state index in [4.69, 9.17) is 16.0 Å². The second-order valence-electron chi connectivity index (χ2n) is 5.58. The van der Waals surface area contributed by atoms with Gasteiger partial charge >= 0.3 is 0 Å². The quantitative estimate of drug-likeness (QED) is 0.939. The summed E-state index contributed by atoms with van der Waals surface area (Å²) >= 11 is 6.15. The molecule has 2 aromatic rings. The molecule has 1 aromatic heterocycles. The van der Waals surface area contributed by atoms with Gasteiger partial charge in [-0.2, -0.15) is 0 Å². The van der Waals surface area contributed by atoms with Crippen molar-refractivity contribution in [3.63, 3.8) is 0 Å². The minimum absolute atomic E-state index is 0.149. The normalized spacial score (nSPS) is 17.6. The standard InChI is InChI=1S/C17H17ClN2O3/c1-10-9-12(11(2)23-10)16(21)19-14-7-8-20(17(14)22)15-6-4-3-5-13(15)18/h3-6,9,14H,7-8H2,1-2H3,(H,19,21). The minimum Gasteiger partial charge on any atom is -0.466 e. The van der Waals surface area contributed by atoms with E-state index in [-0.39, 0.29) is 11.8 Å². The largest absolute Gasteiger partial charge is 0.466 e. The van der Waals surface area contributed by atoms with E-state index < -0.39 is 6.04 Å². The van der Waals surface area contributed by atoms with Gasteiger partial charge in [0.1, 0.15) is 17.6 Å². The number of carbonyl (C=O) groups excluding carboxylic acids is 2. The highest BCUT2D eigenvalue weighted by molar-refractivity contribution is 6.34. The second-order valence-corrected chi connectivity index (χ2v) is 5.99. The van der Waals surface area contributed by atoms with Crippen LogP contribution in [0.1, 0.15) is 28.3 Å². The highest BCUT2D eigenvalue weighted by Gasteiger charge is 2.35. The molecule has 2 amide bonds. The van der Waals surface area contributed by atoms with Crippen LogP contribution in [0.5, 0.6) is 0 Å². The molecule has 1 atom stereocenters. The van der Waals surface area contributed by atoms with Crippen LogP contribution >= 0.6 is 11.6 Å². The van der Waals surface area contributed by atoms with E-state index in [9.17, 15) is 9.59 Å². The Kier molecular flexibility index (Phi) is 4.13. The van der Waals surface area contributed by atoms with Gasteiger partial charge < -0.3 is 14.6 Å². The summed E-state index contributed by atoms with van der Waals surface area (Å²) in [5, 5.41) is 3.31. The molecule has 0 spiro atoms. The summed E-state index contributed by atoms with van der Waals surface area (Å²) in [6.45, 7) is 4.04. The van der Waals surface area contributed by atoms with Gasteiger partial charge in [0, 0.05) is 6.54 Å². The summed E-state index contributed by atoms with van der Waals surface area (Å²) in [4.78, 5) is 26.5. The molecular formula is C17H17ClN2O3. The number of hydrogen-bond acceptors (Lipinski definition) is 3. The van der Waals surface area contributed by atoms with Gasteiger partial charge in [0.25, 0.3) is 5.91 Å². The van der Waals surface area contributed by atoms with E-state index in [2.05, 4.69) is 5.32 Å². The van der Waals surface area contributed by atoms with E-state index in [1.165, 1.54) is 0 Å². The molecule has 23 heavy (non-hydrogen) atoms. The molecule has 1 N–H and O–H groups in total. The average molecular weight is 333 g/mol. The summed E-state index contributed by atoms with van der Waals surface area (Å²) in [6.07, 6.45) is 0.547. The predicted octanol–water partition coefficient (Wildman–Crippen LogP) is 3.09. The fraction of sp³-hybridized carbons (Fsp3) is 0.294. The van der Waals surface area contributed by atoms with Crippen molar-refractivity contribution in [2.45, 2.75) is 26.3 Å². The Hall–Kier alpha value is -2.27. The summed E-state index contributed by atoms with van der Waals surface area (Å²) < 4.78 is 5.36. The highest BCUT2D eigenvalue weighted by Crippen LogP contribution is 2.29. The van der Waals surface area contributed by atoms with Crippen molar-refractivity contribution in [2.24, 2.45) is 0 Å². The first kappa shape index (κ1) is 15.6. The summed E-state index contributed by atoms with van der Waals surface area (Å²) in [5.74, 6) is 0.777. The first-order valence-electron chi connectivity index (χ1n) is 7.41. The fourth-order valence-electron chi connectivity index (χ4n) is 2.82. The molecule has 3 rings (SSSR count). The Balaban J connectivity index is 1.74. The van der Waals surface area contributed by atoms with Crippen LogP contribution in [0.15, 0.2) is 34.7 Å². The smallest absolute Gasteiger partial charge is 0.255 e. The topological polar surface area (TPSA) is 62.6 Å². The number of hydrogen-bond donors (Lipinski definition) is 1. The monoisotopic (exact) mass is 332 g/mol. The Bertz CT molecular complexity index is 769. The van der Waals surface area contributed by atoms with E-state index >= 15 is 0 Å². The fourth-order valence-corrected chi connectivity index (χ4v) is 3.05. The van der Waals surface area contributed by atoms with Crippen LogP contribution in [0.25, 0.3) is 0 Å². The number of anilines is 1. The molecule has 2 heterocycles. The van der Waals surface area contributed by atoms with Crippen molar-refractivity contribution >= 4 is 29.1 Å². The van der Waals surface area contributed by atoms with E-state index in [1.54, 1.807) is 36.9 Å². The van der Waals surface area contributed by atoms with Crippen molar-refractivity contribution in [3.8, 4) is 0 Å². The molecule has 1 aromatic carbocycles. The Morgan fingerprint density at radius 2 is 2.09 bits per heavy atom. The number of amides is 2. The Morgan fingerprint density at radius 1 is 1.35 bits per heavy atom. The zero-order chi connectivity index (χ0) is 16.6. The van der Waals surface area contributed by atoms with E-state index in [0.717, 1.165) is 0 Å². The molecule has 0 bridgehead atoms. The number of nitrogens with one attached hydrogen (secondary N) is 1. The summed E-state index contributed by atoms with van der Waals surface area (Å²) in [5.41, 5.74) is 1.14. The maximum Gasteiger partial charge on any atom is 0.255 e. The molecule has 1 fully saturated rings. The van der Waals surface area contributed by atoms with Gasteiger partial charge in [0.05, 0.1) is 16.3 Å². The van der Waals surface area contributed by atoms with E-state index in [1.807, 2.05) is 12.1 Å². The van der Waals surface area contributed by atoms with Gasteiger partial charge in [-0.25, -0.2) is 0 Å². The maximum atomic E-state index is 12.5. The number of benzene rings is 1. The van der Waals surface area contributed by atoms with Crippen LogP contribution in [-0.4, -0.2) is 24.4 Å². The van der Waals surface area contributed by atoms with Crippen molar-refractivity contribution in [1.82, 2.24) is 5.32 Å². The van der Waals surface area contributed by atoms with Crippen molar-refractivity contribution in [3.05, 3.63) is 52.4 Å². The van der Waals surface area contributed by atoms with Crippen molar-refractivity contribution < 1.29 is 14.0 Å². The molecule has 1 aliphatic rings. The van der Waals surface area contributed by atoms with Crippen LogP contribution < -0.4 is 10.2 Å². The lowest BCUT2D eigenvalue weighted by Gasteiger charge is -2.18. The molecular weight excluding hydrogens is 316 g/mol. The zero-order valence-corrected chi connectivity index (χ0v) is 13.7. The van der Waals surface area contributed by atoms with Crippen molar-refractivity contribution in [2.75, 3.05) is 11.4 Å². The number of carbonyl (C=O) groups is 2. The number of aryl methyl sites for hydroxylation is 2. The van der Waals surface area contributed by atoms with Gasteiger partial charge in [-0.05, 0) is 38.5 Å². The van der Waals surface area contributed by atoms with Crippen LogP contribution in [-0.2, 0) is 4.79 Å². The van der Waals surface area contributed by atoms with Gasteiger partial charge in [-0.1, -0.05) is 23.7 Å². The zero-order valence-electron chi connectivity index (χ0n) is 12.9. The molecule has 1 unspecified atom stereocenters. The molecule has 6 heteroatoms. The van der Waals surface area contributed by atoms with Gasteiger partial charge in [0.2, 0.25) is 5.91 Å². The maximum absolute atomic E-state index is 12.5. The first-order valence-corrected chi connectivity index (χ1v) is 7.79. The molecule has 0 saturated carbocycles. The second kappa shape index (κ2) is 6.08. The van der Waals surface area contributed by atoms with Crippen molar-refractivity contribution in [1.29, 1.82) is 0 Å². The van der Waals surface area contributed by atoms with Crippen LogP contribution in [0.3, 0.4) is 0 Å². The summed E-state index contributed by atoms with van der Waals surface area (Å²) in [7, 11) is 0. The van der Waals surface area contributed by atoms with Crippen LogP contribution in [0, 0.1) is 13.8 Å². The lowest BCUT2D eigenvalue weighted by atomic mass is 10.2. The number of furan rings is 1. The number of halogens is 1. The number of nitrogens with zero attached hydrogens (tertiary/aromatic N) is 1. The Labute approximate surface area is 139 Å². The predicted molar refractivity (Wildman–Crippen MR) is 87.9 cm³/mol. The molecule has 1 aliphatic heterocycles. The lowest BCUT2D eigenvalue weighted by Crippen LogP contribution is -2.41. The van der Waals surface area contributed by atoms with Crippen LogP contribution in [0.4, 0.5) is 5.69 Å². The lowest BCUT2D eigenvalue weighted by molar-refractivity contribution is -0.118. The average Bonchev–Trinajstić information content (AvgIpc) is 3.03. The molecule has 120 valence electrons. The molecule has 1 saturated heterocycles. The number of rotatable bonds is 3. The highest BCUT2D eigenvalue weighted by atomic mass is 35.5. The molecule has 0 aliphatic carbocycles. The van der Waals surface area contributed by atoms with Gasteiger partial charge in [-0.3, -0.25) is 9.59 Å². The molecule has 5 nitrogen and oxygen atoms in total. The molecule has 0 radical (unpaired) electrons. The number of para-hydroxylation sites is 1. The summed E-state index contributed by atoms with van der Waals surface area (Å²) in [6, 6.07) is 8.32. The minimum atomic E-state index is -0.548. The van der Waals surface area contributed by atoms with Crippen LogP contribution in [0.2, 0.25) is 5.02 Å². The third-order valence-corrected chi connectivity index (χ3v) is 4.26. The third kappa shape index (κ3) is 2.97. The van der Waals surface area contributed by atoms with Gasteiger partial charge in [0.15, 0.2) is 0 Å². The SMILES string of the molecule is Cc1cc(C(=O)NC2CCN(c3ccccc3Cl)C2=O)c(C)o1. The van der Waals surface area contributed by atoms with E-state index in [0.29, 0.717) is 40.8 Å². The Morgan fingerprint density at radius 3 is 2.74 bits per heavy atom. The first-order chi connectivity index (χ1) is 11.0. The third-order valence-electron chi connectivity index (χ3n) is 3.94. The van der Waals surface area contributed by atoms with Gasteiger partial charge in [-0.15, -0.1) is 0 Å².